The smallest absolute Gasteiger partial charge is 0.407 e. The number of alkyl carbamates (subject to hydrolysis) is 1. The second-order valence-electron chi connectivity index (χ2n) is 7.78. The number of anilines is 1. The fraction of sp³-hybridized carbons (Fsp3) is 0.556. The van der Waals surface area contributed by atoms with Crippen molar-refractivity contribution in [3.63, 3.8) is 0 Å². The van der Waals surface area contributed by atoms with Gasteiger partial charge in [0, 0.05) is 25.4 Å². The number of nitrogens with one attached hydrogen (secondary N) is 1. The summed E-state index contributed by atoms with van der Waals surface area (Å²) in [6.07, 6.45) is 1.71. The highest BCUT2D eigenvalue weighted by molar-refractivity contribution is 7.90. The summed E-state index contributed by atoms with van der Waals surface area (Å²) in [6, 6.07) is 2.38. The lowest BCUT2D eigenvalue weighted by Gasteiger charge is -2.35. The number of sulfone groups is 1. The van der Waals surface area contributed by atoms with Crippen molar-refractivity contribution in [3.8, 4) is 0 Å². The van der Waals surface area contributed by atoms with Gasteiger partial charge in [0.2, 0.25) is 0 Å². The van der Waals surface area contributed by atoms with E-state index in [2.05, 4.69) is 5.32 Å². The molecule has 156 valence electrons. The van der Waals surface area contributed by atoms with E-state index in [1.807, 2.05) is 4.90 Å². The van der Waals surface area contributed by atoms with Gasteiger partial charge in [-0.05, 0) is 45.7 Å². The second kappa shape index (κ2) is 8.16. The molecule has 0 unspecified atom stereocenters. The molecule has 28 heavy (non-hydrogen) atoms. The van der Waals surface area contributed by atoms with Crippen LogP contribution in [0.4, 0.5) is 10.5 Å². The molecule has 0 aliphatic carbocycles. The molecule has 2 N–H and O–H groups in total. The maximum absolute atomic E-state index is 12.2. The van der Waals surface area contributed by atoms with E-state index >= 15 is 0 Å². The van der Waals surface area contributed by atoms with E-state index in [0.29, 0.717) is 31.6 Å². The summed E-state index contributed by atoms with van der Waals surface area (Å²) in [6.45, 7) is 6.31. The third-order valence-corrected chi connectivity index (χ3v) is 5.67. The Balaban J connectivity index is 2.17. The molecule has 0 atom stereocenters. The van der Waals surface area contributed by atoms with Crippen LogP contribution >= 0.6 is 11.6 Å². The van der Waals surface area contributed by atoms with Crippen LogP contribution in [0.15, 0.2) is 17.0 Å². The van der Waals surface area contributed by atoms with Gasteiger partial charge in [0.1, 0.15) is 5.60 Å². The van der Waals surface area contributed by atoms with Crippen LogP contribution in [0.3, 0.4) is 0 Å². The minimum atomic E-state index is -3.66. The Morgan fingerprint density at radius 3 is 2.29 bits per heavy atom. The molecule has 0 bridgehead atoms. The molecule has 1 aromatic rings. The number of aromatic carboxylic acids is 1. The lowest BCUT2D eigenvalue weighted by atomic mass is 10.0. The number of halogens is 1. The molecule has 1 amide bonds. The average Bonchev–Trinajstić information content (AvgIpc) is 2.52. The van der Waals surface area contributed by atoms with Crippen LogP contribution in [0.2, 0.25) is 5.02 Å². The molecule has 2 rings (SSSR count). The van der Waals surface area contributed by atoms with Crippen LogP contribution in [0.1, 0.15) is 44.0 Å². The molecule has 8 nitrogen and oxygen atoms in total. The zero-order valence-electron chi connectivity index (χ0n) is 16.3. The number of benzene rings is 1. The van der Waals surface area contributed by atoms with E-state index < -0.39 is 27.5 Å². The Bertz CT molecular complexity index is 871. The van der Waals surface area contributed by atoms with Crippen LogP contribution in [0.5, 0.6) is 0 Å². The van der Waals surface area contributed by atoms with Crippen molar-refractivity contribution in [2.24, 2.45) is 0 Å². The number of piperidine rings is 1. The molecule has 1 aromatic carbocycles. The highest BCUT2D eigenvalue weighted by Gasteiger charge is 2.28. The Hall–Kier alpha value is -2.00. The summed E-state index contributed by atoms with van der Waals surface area (Å²) in [5, 5.41) is 12.0. The first-order valence-electron chi connectivity index (χ1n) is 8.79. The third kappa shape index (κ3) is 5.75. The van der Waals surface area contributed by atoms with E-state index in [1.54, 1.807) is 20.8 Å². The number of carbonyl (C=O) groups is 2. The normalized spacial score (nSPS) is 16.0. The summed E-state index contributed by atoms with van der Waals surface area (Å²) < 4.78 is 29.6. The number of hydrogen-bond donors (Lipinski definition) is 2. The van der Waals surface area contributed by atoms with Crippen molar-refractivity contribution in [2.75, 3.05) is 24.2 Å². The van der Waals surface area contributed by atoms with Crippen LogP contribution in [-0.2, 0) is 14.6 Å². The molecular weight excluding hydrogens is 408 g/mol. The molecule has 10 heteroatoms. The molecule has 0 aromatic heterocycles. The zero-order valence-corrected chi connectivity index (χ0v) is 17.9. The molecule has 0 spiro atoms. The number of carboxylic acids is 1. The average molecular weight is 433 g/mol. The van der Waals surface area contributed by atoms with Gasteiger partial charge in [0.05, 0.1) is 21.2 Å². The fourth-order valence-electron chi connectivity index (χ4n) is 2.99. The van der Waals surface area contributed by atoms with Gasteiger partial charge < -0.3 is 20.1 Å². The molecule has 1 aliphatic rings. The number of rotatable bonds is 4. The first kappa shape index (κ1) is 22.3. The molecule has 1 saturated heterocycles. The third-order valence-electron chi connectivity index (χ3n) is 4.24. The largest absolute Gasteiger partial charge is 0.478 e. The van der Waals surface area contributed by atoms with Crippen molar-refractivity contribution < 1.29 is 27.9 Å². The minimum Gasteiger partial charge on any atom is -0.478 e. The topological polar surface area (TPSA) is 113 Å². The van der Waals surface area contributed by atoms with Gasteiger partial charge in [-0.3, -0.25) is 0 Å². The number of amides is 1. The van der Waals surface area contributed by atoms with E-state index in [1.165, 1.54) is 6.07 Å². The van der Waals surface area contributed by atoms with E-state index in [0.717, 1.165) is 12.3 Å². The Labute approximate surface area is 169 Å². The Morgan fingerprint density at radius 2 is 1.82 bits per heavy atom. The lowest BCUT2D eigenvalue weighted by molar-refractivity contribution is 0.0496. The van der Waals surface area contributed by atoms with Crippen molar-refractivity contribution in [2.45, 2.75) is 50.2 Å². The lowest BCUT2D eigenvalue weighted by Crippen LogP contribution is -2.46. The maximum atomic E-state index is 12.2. The van der Waals surface area contributed by atoms with Gasteiger partial charge in [-0.2, -0.15) is 0 Å². The maximum Gasteiger partial charge on any atom is 0.407 e. The van der Waals surface area contributed by atoms with Gasteiger partial charge in [-0.1, -0.05) is 11.6 Å². The molecule has 1 aliphatic heterocycles. The predicted octanol–water partition coefficient (Wildman–Crippen LogP) is 2.94. The van der Waals surface area contributed by atoms with E-state index in [4.69, 9.17) is 16.3 Å². The number of hydrogen-bond acceptors (Lipinski definition) is 6. The van der Waals surface area contributed by atoms with Crippen LogP contribution in [0.25, 0.3) is 0 Å². The monoisotopic (exact) mass is 432 g/mol. The van der Waals surface area contributed by atoms with Gasteiger partial charge in [0.15, 0.2) is 9.84 Å². The summed E-state index contributed by atoms with van der Waals surface area (Å²) in [5.74, 6) is -1.29. The number of carboxylic acid groups (broad SMARTS) is 1. The zero-order chi connectivity index (χ0) is 21.3. The van der Waals surface area contributed by atoms with Crippen molar-refractivity contribution in [3.05, 3.63) is 22.7 Å². The van der Waals surface area contributed by atoms with Crippen LogP contribution in [0, 0.1) is 0 Å². The van der Waals surface area contributed by atoms with Crippen LogP contribution in [-0.4, -0.2) is 56.6 Å². The summed E-state index contributed by atoms with van der Waals surface area (Å²) in [7, 11) is -3.66. The first-order valence-corrected chi connectivity index (χ1v) is 11.1. The standard InChI is InChI=1S/C18H25ClN2O6S/c1-18(2,3)27-17(24)20-11-5-7-21(8-6-11)14-10-13(19)12(16(22)23)9-15(14)28(4,25)26/h9-11H,5-8H2,1-4H3,(H,20,24)(H,22,23). The van der Waals surface area contributed by atoms with Gasteiger partial charge in [-0.15, -0.1) is 0 Å². The SMILES string of the molecule is CC(C)(C)OC(=O)NC1CCN(c2cc(Cl)c(C(=O)O)cc2S(C)(=O)=O)CC1. The molecule has 0 saturated carbocycles. The Kier molecular flexibility index (Phi) is 6.50. The van der Waals surface area contributed by atoms with E-state index in [-0.39, 0.29) is 21.5 Å². The predicted molar refractivity (Wildman–Crippen MR) is 106 cm³/mol. The number of carbonyl (C=O) groups excluding carboxylic acids is 1. The fourth-order valence-corrected chi connectivity index (χ4v) is 4.13. The quantitative estimate of drug-likeness (QED) is 0.751. The minimum absolute atomic E-state index is 0.0242. The van der Waals surface area contributed by atoms with Crippen LogP contribution < -0.4 is 10.2 Å². The van der Waals surface area contributed by atoms with Gasteiger partial charge >= 0.3 is 12.1 Å². The highest BCUT2D eigenvalue weighted by Crippen LogP contribution is 2.33. The highest BCUT2D eigenvalue weighted by atomic mass is 35.5. The Morgan fingerprint density at radius 1 is 1.25 bits per heavy atom. The number of ether oxygens (including phenoxy) is 1. The van der Waals surface area contributed by atoms with Crippen molar-refractivity contribution in [1.29, 1.82) is 0 Å². The first-order chi connectivity index (χ1) is 12.8. The molecule has 1 fully saturated rings. The van der Waals surface area contributed by atoms with E-state index in [9.17, 15) is 23.1 Å². The molecule has 1 heterocycles. The summed E-state index contributed by atoms with van der Waals surface area (Å²) in [5.41, 5.74) is -0.474. The van der Waals surface area contributed by atoms with Gasteiger partial charge in [-0.25, -0.2) is 18.0 Å². The second-order valence-corrected chi connectivity index (χ2v) is 10.2. The summed E-state index contributed by atoms with van der Waals surface area (Å²) >= 11 is 6.05. The molecule has 0 radical (unpaired) electrons. The van der Waals surface area contributed by atoms with Crippen molar-refractivity contribution in [1.82, 2.24) is 5.32 Å². The summed E-state index contributed by atoms with van der Waals surface area (Å²) in [4.78, 5) is 25.0. The molecular formula is C18H25ClN2O6S. The number of nitrogens with zero attached hydrogens (tertiary/aromatic N) is 1. The van der Waals surface area contributed by atoms with Crippen molar-refractivity contribution >= 4 is 39.2 Å². The van der Waals surface area contributed by atoms with Gasteiger partial charge in [0.25, 0.3) is 0 Å².